The van der Waals surface area contributed by atoms with Gasteiger partial charge in [0.1, 0.15) is 6.29 Å². The molecule has 0 heterocycles. The maximum absolute atomic E-state index is 10.9. The molecule has 0 amide bonds. The number of carbonyl (C=O) groups excluding carboxylic acids is 1. The van der Waals surface area contributed by atoms with Gasteiger partial charge in [0.15, 0.2) is 0 Å². The van der Waals surface area contributed by atoms with Crippen LogP contribution in [0.15, 0.2) is 35.9 Å². The Morgan fingerprint density at radius 3 is 2.47 bits per heavy atom. The van der Waals surface area contributed by atoms with Gasteiger partial charge in [0, 0.05) is 0 Å². The van der Waals surface area contributed by atoms with E-state index in [4.69, 9.17) is 0 Å². The van der Waals surface area contributed by atoms with Gasteiger partial charge in [0.2, 0.25) is 0 Å². The van der Waals surface area contributed by atoms with Crippen molar-refractivity contribution in [1.29, 1.82) is 0 Å². The predicted molar refractivity (Wildman–Crippen MR) is 64.6 cm³/mol. The van der Waals surface area contributed by atoms with Gasteiger partial charge >= 0.3 is 0 Å². The van der Waals surface area contributed by atoms with Gasteiger partial charge in [0.25, 0.3) is 0 Å². The monoisotopic (exact) mass is 202 g/mol. The molecule has 1 heteroatoms. The fourth-order valence-electron chi connectivity index (χ4n) is 1.38. The van der Waals surface area contributed by atoms with E-state index in [0.29, 0.717) is 5.92 Å². The number of aldehydes is 1. The second kappa shape index (κ2) is 6.18. The molecule has 0 N–H and O–H groups in total. The SMILES string of the molecule is CC(C)CCC(C=O)=Cc1ccccc1. The first-order valence-corrected chi connectivity index (χ1v) is 5.43. The van der Waals surface area contributed by atoms with Gasteiger partial charge in [-0.05, 0) is 36.0 Å². The van der Waals surface area contributed by atoms with E-state index >= 15 is 0 Å². The van der Waals surface area contributed by atoms with Crippen LogP contribution in [0.25, 0.3) is 6.08 Å². The normalized spacial score (nSPS) is 11.8. The van der Waals surface area contributed by atoms with Crippen LogP contribution in [0.5, 0.6) is 0 Å². The molecule has 0 aromatic heterocycles. The Morgan fingerprint density at radius 2 is 1.93 bits per heavy atom. The van der Waals surface area contributed by atoms with Crippen molar-refractivity contribution in [3.63, 3.8) is 0 Å². The number of allylic oxidation sites excluding steroid dienone is 1. The van der Waals surface area contributed by atoms with E-state index < -0.39 is 0 Å². The van der Waals surface area contributed by atoms with Crippen molar-refractivity contribution in [3.05, 3.63) is 41.5 Å². The van der Waals surface area contributed by atoms with Crippen LogP contribution in [0.3, 0.4) is 0 Å². The molecule has 80 valence electrons. The fraction of sp³-hybridized carbons (Fsp3) is 0.357. The number of hydrogen-bond acceptors (Lipinski definition) is 1. The molecule has 1 aromatic carbocycles. The van der Waals surface area contributed by atoms with E-state index in [1.807, 2.05) is 36.4 Å². The molecular formula is C14H18O. The number of hydrogen-bond donors (Lipinski definition) is 0. The third-order valence-corrected chi connectivity index (χ3v) is 2.31. The van der Waals surface area contributed by atoms with Crippen molar-refractivity contribution in [2.75, 3.05) is 0 Å². The Morgan fingerprint density at radius 1 is 1.27 bits per heavy atom. The Balaban J connectivity index is 2.66. The quantitative estimate of drug-likeness (QED) is 0.525. The molecule has 0 aliphatic rings. The second-order valence-corrected chi connectivity index (χ2v) is 4.18. The predicted octanol–water partition coefficient (Wildman–Crippen LogP) is 3.71. The first kappa shape index (κ1) is 11.7. The summed E-state index contributed by atoms with van der Waals surface area (Å²) in [4.78, 5) is 10.9. The summed E-state index contributed by atoms with van der Waals surface area (Å²) < 4.78 is 0. The summed E-state index contributed by atoms with van der Waals surface area (Å²) in [6, 6.07) is 9.97. The van der Waals surface area contributed by atoms with Gasteiger partial charge in [-0.15, -0.1) is 0 Å². The van der Waals surface area contributed by atoms with Crippen LogP contribution in [0.1, 0.15) is 32.3 Å². The highest BCUT2D eigenvalue weighted by atomic mass is 16.1. The van der Waals surface area contributed by atoms with Crippen LogP contribution in [-0.2, 0) is 4.79 Å². The Hall–Kier alpha value is -1.37. The molecule has 0 saturated carbocycles. The highest BCUT2D eigenvalue weighted by Crippen LogP contribution is 2.13. The Kier molecular flexibility index (Phi) is 4.82. The Bertz CT molecular complexity index is 322. The fourth-order valence-corrected chi connectivity index (χ4v) is 1.38. The van der Waals surface area contributed by atoms with Crippen LogP contribution < -0.4 is 0 Å². The summed E-state index contributed by atoms with van der Waals surface area (Å²) in [7, 11) is 0. The minimum Gasteiger partial charge on any atom is -0.298 e. The van der Waals surface area contributed by atoms with Crippen LogP contribution in [0.2, 0.25) is 0 Å². The average Bonchev–Trinajstić information content (AvgIpc) is 2.25. The summed E-state index contributed by atoms with van der Waals surface area (Å²) in [5.74, 6) is 0.643. The molecule has 1 nitrogen and oxygen atoms in total. The van der Waals surface area contributed by atoms with E-state index in [0.717, 1.165) is 30.3 Å². The molecular weight excluding hydrogens is 184 g/mol. The van der Waals surface area contributed by atoms with Gasteiger partial charge in [0.05, 0.1) is 0 Å². The summed E-state index contributed by atoms with van der Waals surface area (Å²) in [6.07, 6.45) is 4.87. The minimum absolute atomic E-state index is 0.643. The lowest BCUT2D eigenvalue weighted by Gasteiger charge is -2.03. The van der Waals surface area contributed by atoms with Gasteiger partial charge in [-0.3, -0.25) is 4.79 Å². The molecule has 0 spiro atoms. The topological polar surface area (TPSA) is 17.1 Å². The van der Waals surface area contributed by atoms with Gasteiger partial charge in [-0.25, -0.2) is 0 Å². The molecule has 1 aromatic rings. The second-order valence-electron chi connectivity index (χ2n) is 4.18. The smallest absolute Gasteiger partial charge is 0.146 e. The number of benzene rings is 1. The van der Waals surface area contributed by atoms with E-state index in [2.05, 4.69) is 13.8 Å². The number of rotatable bonds is 5. The maximum atomic E-state index is 10.9. The van der Waals surface area contributed by atoms with Crippen molar-refractivity contribution < 1.29 is 4.79 Å². The first-order chi connectivity index (χ1) is 7.22. The van der Waals surface area contributed by atoms with Crippen molar-refractivity contribution in [1.82, 2.24) is 0 Å². The van der Waals surface area contributed by atoms with Gasteiger partial charge in [-0.1, -0.05) is 44.2 Å². The van der Waals surface area contributed by atoms with Gasteiger partial charge < -0.3 is 0 Å². The van der Waals surface area contributed by atoms with E-state index in [-0.39, 0.29) is 0 Å². The lowest BCUT2D eigenvalue weighted by atomic mass is 10.0. The molecule has 0 saturated heterocycles. The highest BCUT2D eigenvalue weighted by Gasteiger charge is 1.99. The molecule has 15 heavy (non-hydrogen) atoms. The largest absolute Gasteiger partial charge is 0.298 e. The van der Waals surface area contributed by atoms with Crippen molar-refractivity contribution in [3.8, 4) is 0 Å². The van der Waals surface area contributed by atoms with Gasteiger partial charge in [-0.2, -0.15) is 0 Å². The van der Waals surface area contributed by atoms with E-state index in [1.165, 1.54) is 0 Å². The average molecular weight is 202 g/mol. The zero-order valence-corrected chi connectivity index (χ0v) is 9.44. The molecule has 1 rings (SSSR count). The summed E-state index contributed by atoms with van der Waals surface area (Å²) in [5, 5.41) is 0. The Labute approximate surface area is 91.8 Å². The van der Waals surface area contributed by atoms with Crippen LogP contribution in [0, 0.1) is 5.92 Å². The van der Waals surface area contributed by atoms with E-state index in [9.17, 15) is 4.79 Å². The molecule has 0 radical (unpaired) electrons. The standard InChI is InChI=1S/C14H18O/c1-12(2)8-9-14(11-15)10-13-6-4-3-5-7-13/h3-7,10-12H,8-9H2,1-2H3. The van der Waals surface area contributed by atoms with Crippen molar-refractivity contribution >= 4 is 12.4 Å². The van der Waals surface area contributed by atoms with Crippen LogP contribution in [0.4, 0.5) is 0 Å². The molecule has 0 fully saturated rings. The van der Waals surface area contributed by atoms with Crippen LogP contribution in [-0.4, -0.2) is 6.29 Å². The minimum atomic E-state index is 0.643. The summed E-state index contributed by atoms with van der Waals surface area (Å²) in [5.41, 5.74) is 1.98. The summed E-state index contributed by atoms with van der Waals surface area (Å²) in [6.45, 7) is 4.34. The molecule has 0 bridgehead atoms. The third kappa shape index (κ3) is 4.59. The first-order valence-electron chi connectivity index (χ1n) is 5.43. The molecule has 0 unspecified atom stereocenters. The molecule has 0 aliphatic heterocycles. The van der Waals surface area contributed by atoms with Crippen molar-refractivity contribution in [2.45, 2.75) is 26.7 Å². The van der Waals surface area contributed by atoms with E-state index in [1.54, 1.807) is 0 Å². The highest BCUT2D eigenvalue weighted by molar-refractivity contribution is 5.81. The summed E-state index contributed by atoms with van der Waals surface area (Å²) >= 11 is 0. The zero-order chi connectivity index (χ0) is 11.1. The molecule has 0 aliphatic carbocycles. The number of carbonyl (C=O) groups is 1. The zero-order valence-electron chi connectivity index (χ0n) is 9.44. The lowest BCUT2D eigenvalue weighted by Crippen LogP contribution is -1.91. The molecule has 0 atom stereocenters. The third-order valence-electron chi connectivity index (χ3n) is 2.31. The van der Waals surface area contributed by atoms with Crippen molar-refractivity contribution in [2.24, 2.45) is 5.92 Å². The lowest BCUT2D eigenvalue weighted by molar-refractivity contribution is -0.105. The maximum Gasteiger partial charge on any atom is 0.146 e. The van der Waals surface area contributed by atoms with Crippen LogP contribution >= 0.6 is 0 Å².